The first-order valence-electron chi connectivity index (χ1n) is 12.6. The highest BCUT2D eigenvalue weighted by Crippen LogP contribution is 2.28. The fourth-order valence-corrected chi connectivity index (χ4v) is 6.02. The summed E-state index contributed by atoms with van der Waals surface area (Å²) >= 11 is 9.45. The lowest BCUT2D eigenvalue weighted by atomic mass is 10.1. The molecular formula is C29H33BrClN3O4S. The van der Waals surface area contributed by atoms with Crippen LogP contribution in [0.2, 0.25) is 5.02 Å². The third-order valence-corrected chi connectivity index (χ3v) is 8.99. The molecule has 0 aromatic heterocycles. The molecule has 1 N–H and O–H groups in total. The molecule has 0 fully saturated rings. The van der Waals surface area contributed by atoms with Crippen molar-refractivity contribution in [2.75, 3.05) is 10.8 Å². The van der Waals surface area contributed by atoms with E-state index in [4.69, 9.17) is 11.6 Å². The Hall–Kier alpha value is -2.88. The molecule has 3 aromatic carbocycles. The molecule has 3 rings (SSSR count). The summed E-state index contributed by atoms with van der Waals surface area (Å²) in [4.78, 5) is 28.5. The summed E-state index contributed by atoms with van der Waals surface area (Å²) in [6, 6.07) is 19.3. The zero-order valence-electron chi connectivity index (χ0n) is 22.4. The van der Waals surface area contributed by atoms with Crippen LogP contribution >= 0.6 is 27.5 Å². The Morgan fingerprint density at radius 1 is 1.00 bits per heavy atom. The number of rotatable bonds is 11. The maximum atomic E-state index is 14.0. The fourth-order valence-electron chi connectivity index (χ4n) is 3.97. The number of nitrogens with one attached hydrogen (secondary N) is 1. The van der Waals surface area contributed by atoms with Crippen LogP contribution in [0.3, 0.4) is 0 Å². The lowest BCUT2D eigenvalue weighted by Crippen LogP contribution is -2.52. The van der Waals surface area contributed by atoms with Crippen LogP contribution in [0.15, 0.2) is 82.2 Å². The molecule has 2 atom stereocenters. The number of amides is 2. The van der Waals surface area contributed by atoms with Gasteiger partial charge in [0.15, 0.2) is 0 Å². The minimum atomic E-state index is -4.15. The molecule has 7 nitrogen and oxygen atoms in total. The van der Waals surface area contributed by atoms with Crippen molar-refractivity contribution < 1.29 is 18.0 Å². The summed E-state index contributed by atoms with van der Waals surface area (Å²) in [5.74, 6) is -0.821. The lowest BCUT2D eigenvalue weighted by Gasteiger charge is -2.33. The average molecular weight is 635 g/mol. The number of halogens is 2. The highest BCUT2D eigenvalue weighted by molar-refractivity contribution is 9.10. The van der Waals surface area contributed by atoms with E-state index in [1.54, 1.807) is 38.1 Å². The summed E-state index contributed by atoms with van der Waals surface area (Å²) < 4.78 is 29.7. The van der Waals surface area contributed by atoms with Gasteiger partial charge in [0.1, 0.15) is 12.6 Å². The van der Waals surface area contributed by atoms with Crippen molar-refractivity contribution in [3.8, 4) is 0 Å². The van der Waals surface area contributed by atoms with E-state index in [-0.39, 0.29) is 23.4 Å². The molecule has 0 bridgehead atoms. The van der Waals surface area contributed by atoms with Gasteiger partial charge in [0.2, 0.25) is 11.8 Å². The molecule has 0 radical (unpaired) electrons. The first kappa shape index (κ1) is 30.7. The van der Waals surface area contributed by atoms with E-state index in [0.29, 0.717) is 16.3 Å². The second-order valence-electron chi connectivity index (χ2n) is 9.40. The number of sulfonamides is 1. The predicted octanol–water partition coefficient (Wildman–Crippen LogP) is 5.94. The molecule has 208 valence electrons. The van der Waals surface area contributed by atoms with Crippen LogP contribution < -0.4 is 9.62 Å². The number of para-hydroxylation sites is 1. The third kappa shape index (κ3) is 7.84. The molecule has 0 unspecified atom stereocenters. The van der Waals surface area contributed by atoms with Crippen LogP contribution in [-0.4, -0.2) is 43.8 Å². The fraction of sp³-hybridized carbons (Fsp3) is 0.310. The van der Waals surface area contributed by atoms with Crippen LogP contribution in [-0.2, 0) is 26.2 Å². The van der Waals surface area contributed by atoms with E-state index in [1.165, 1.54) is 29.2 Å². The summed E-state index contributed by atoms with van der Waals surface area (Å²) in [6.07, 6.45) is 0.735. The van der Waals surface area contributed by atoms with Crippen molar-refractivity contribution in [2.45, 2.75) is 57.6 Å². The zero-order valence-corrected chi connectivity index (χ0v) is 25.6. The van der Waals surface area contributed by atoms with E-state index in [9.17, 15) is 18.0 Å². The van der Waals surface area contributed by atoms with Crippen LogP contribution in [0.25, 0.3) is 0 Å². The van der Waals surface area contributed by atoms with Gasteiger partial charge >= 0.3 is 0 Å². The normalized spacial score (nSPS) is 12.9. The summed E-state index contributed by atoms with van der Waals surface area (Å²) in [5.41, 5.74) is 1.85. The van der Waals surface area contributed by atoms with Crippen molar-refractivity contribution in [1.82, 2.24) is 10.2 Å². The number of aryl methyl sites for hydroxylation is 1. The molecule has 0 aliphatic carbocycles. The molecular weight excluding hydrogens is 602 g/mol. The van der Waals surface area contributed by atoms with Crippen LogP contribution in [0.5, 0.6) is 0 Å². The second-order valence-corrected chi connectivity index (χ2v) is 12.6. The van der Waals surface area contributed by atoms with Crippen LogP contribution in [0.1, 0.15) is 38.3 Å². The number of carbonyl (C=O) groups excluding carboxylic acids is 2. The Morgan fingerprint density at radius 3 is 2.28 bits per heavy atom. The van der Waals surface area contributed by atoms with Crippen molar-refractivity contribution >= 4 is 55.1 Å². The molecule has 0 heterocycles. The number of benzene rings is 3. The van der Waals surface area contributed by atoms with Crippen LogP contribution in [0.4, 0.5) is 5.69 Å². The molecule has 0 aliphatic heterocycles. The average Bonchev–Trinajstić information content (AvgIpc) is 2.90. The van der Waals surface area contributed by atoms with Crippen molar-refractivity contribution in [2.24, 2.45) is 0 Å². The highest BCUT2D eigenvalue weighted by atomic mass is 79.9. The molecule has 10 heteroatoms. The molecule has 0 saturated heterocycles. The molecule has 2 amide bonds. The quantitative estimate of drug-likeness (QED) is 0.283. The second kappa shape index (κ2) is 13.5. The monoisotopic (exact) mass is 633 g/mol. The molecule has 0 spiro atoms. The Labute approximate surface area is 244 Å². The third-order valence-electron chi connectivity index (χ3n) is 6.47. The van der Waals surface area contributed by atoms with Crippen molar-refractivity contribution in [3.05, 3.63) is 93.4 Å². The maximum absolute atomic E-state index is 14.0. The number of anilines is 1. The lowest BCUT2D eigenvalue weighted by molar-refractivity contribution is -0.139. The van der Waals surface area contributed by atoms with Gasteiger partial charge in [0, 0.05) is 22.1 Å². The van der Waals surface area contributed by atoms with E-state index in [0.717, 1.165) is 20.8 Å². The number of carbonyl (C=O) groups is 2. The smallest absolute Gasteiger partial charge is 0.264 e. The highest BCUT2D eigenvalue weighted by Gasteiger charge is 2.33. The van der Waals surface area contributed by atoms with Gasteiger partial charge in [0.05, 0.1) is 10.6 Å². The van der Waals surface area contributed by atoms with Crippen molar-refractivity contribution in [1.29, 1.82) is 0 Å². The minimum Gasteiger partial charge on any atom is -0.352 e. The van der Waals surface area contributed by atoms with Gasteiger partial charge < -0.3 is 10.2 Å². The van der Waals surface area contributed by atoms with Gasteiger partial charge in [0.25, 0.3) is 10.0 Å². The van der Waals surface area contributed by atoms with E-state index >= 15 is 0 Å². The number of hydrogen-bond acceptors (Lipinski definition) is 4. The summed E-state index contributed by atoms with van der Waals surface area (Å²) in [5, 5.41) is 3.33. The van der Waals surface area contributed by atoms with Crippen LogP contribution in [0, 0.1) is 6.92 Å². The van der Waals surface area contributed by atoms with E-state index in [1.807, 2.05) is 38.1 Å². The molecule has 0 aliphatic rings. The maximum Gasteiger partial charge on any atom is 0.264 e. The molecule has 39 heavy (non-hydrogen) atoms. The SMILES string of the molecule is CC[C@H](C)NC(=O)[C@@H](C)N(Cc1cccc(Br)c1)C(=O)CN(c1ccccc1C)S(=O)(=O)c1ccc(Cl)cc1. The topological polar surface area (TPSA) is 86.8 Å². The van der Waals surface area contributed by atoms with Gasteiger partial charge in [-0.3, -0.25) is 13.9 Å². The van der Waals surface area contributed by atoms with E-state index in [2.05, 4.69) is 21.2 Å². The summed E-state index contributed by atoms with van der Waals surface area (Å²) in [6.45, 7) is 6.91. The minimum absolute atomic E-state index is 0.00375. The first-order chi connectivity index (χ1) is 18.4. The largest absolute Gasteiger partial charge is 0.352 e. The Kier molecular flexibility index (Phi) is 10.6. The molecule has 3 aromatic rings. The van der Waals surface area contributed by atoms with E-state index < -0.39 is 28.5 Å². The van der Waals surface area contributed by atoms with Gasteiger partial charge in [-0.1, -0.05) is 64.8 Å². The zero-order chi connectivity index (χ0) is 28.7. The molecule has 0 saturated carbocycles. The Morgan fingerprint density at radius 2 is 1.67 bits per heavy atom. The van der Waals surface area contributed by atoms with Gasteiger partial charge in [-0.05, 0) is 80.8 Å². The summed E-state index contributed by atoms with van der Waals surface area (Å²) in [7, 11) is -4.15. The van der Waals surface area contributed by atoms with Gasteiger partial charge in [-0.25, -0.2) is 8.42 Å². The standard InChI is InChI=1S/C29H33BrClN3O4S/c1-5-21(3)32-29(36)22(4)33(18-23-10-8-11-24(30)17-23)28(35)19-34(27-12-7-6-9-20(27)2)39(37,38)26-15-13-25(31)14-16-26/h6-17,21-22H,5,18-19H2,1-4H3,(H,32,36)/t21-,22+/m0/s1. The van der Waals surface area contributed by atoms with Gasteiger partial charge in [-0.2, -0.15) is 0 Å². The number of nitrogens with zero attached hydrogens (tertiary/aromatic N) is 2. The number of hydrogen-bond donors (Lipinski definition) is 1. The Bertz CT molecular complexity index is 1420. The van der Waals surface area contributed by atoms with Gasteiger partial charge in [-0.15, -0.1) is 0 Å². The Balaban J connectivity index is 2.04. The predicted molar refractivity (Wildman–Crippen MR) is 159 cm³/mol. The first-order valence-corrected chi connectivity index (χ1v) is 15.2. The van der Waals surface area contributed by atoms with Crippen molar-refractivity contribution in [3.63, 3.8) is 0 Å².